The summed E-state index contributed by atoms with van der Waals surface area (Å²) in [6.45, 7) is 2.23. The van der Waals surface area contributed by atoms with Crippen molar-refractivity contribution < 1.29 is 28.5 Å². The van der Waals surface area contributed by atoms with Crippen molar-refractivity contribution in [2.24, 2.45) is 0 Å². The third-order valence-electron chi connectivity index (χ3n) is 4.13. The largest absolute Gasteiger partial charge is 0.495 e. The molecule has 0 radical (unpaired) electrons. The van der Waals surface area contributed by atoms with Gasteiger partial charge < -0.3 is 24.3 Å². The van der Waals surface area contributed by atoms with Gasteiger partial charge in [-0.15, -0.1) is 0 Å². The summed E-state index contributed by atoms with van der Waals surface area (Å²) in [6.07, 6.45) is 0.707. The number of aryl methyl sites for hydroxylation is 1. The molecule has 154 valence electrons. The van der Waals surface area contributed by atoms with Crippen molar-refractivity contribution in [2.75, 3.05) is 32.2 Å². The molecule has 1 amide bonds. The highest BCUT2D eigenvalue weighted by Gasteiger charge is 2.20. The Bertz CT molecular complexity index is 947. The maximum absolute atomic E-state index is 12.3. The first-order valence-electron chi connectivity index (χ1n) is 8.79. The van der Waals surface area contributed by atoms with Gasteiger partial charge in [-0.05, 0) is 30.7 Å². The number of esters is 1. The molecule has 0 aromatic heterocycles. The van der Waals surface area contributed by atoms with Crippen molar-refractivity contribution in [3.63, 3.8) is 0 Å². The van der Waals surface area contributed by atoms with Crippen molar-refractivity contribution in [1.82, 2.24) is 0 Å². The van der Waals surface area contributed by atoms with Gasteiger partial charge in [-0.25, -0.2) is 4.79 Å². The fraction of sp³-hybridized carbons (Fsp3) is 0.300. The van der Waals surface area contributed by atoms with E-state index in [1.165, 1.54) is 19.2 Å². The molecule has 0 fully saturated rings. The third kappa shape index (κ3) is 5.05. The molecule has 9 heteroatoms. The standard InChI is InChI=1S/C20H19Cl2NO6/c1-11-6-15(16(26-2)9-13(11)21)23-18(24)10-29-20(25)12-7-14(22)19-17(8-12)27-4-3-5-28-19/h6-9H,3-5,10H2,1-2H3,(H,23,24). The zero-order valence-electron chi connectivity index (χ0n) is 15.8. The molecular formula is C20H19Cl2NO6. The highest BCUT2D eigenvalue weighted by molar-refractivity contribution is 6.32. The Hall–Kier alpha value is -2.64. The summed E-state index contributed by atoms with van der Waals surface area (Å²) in [5.74, 6) is -0.0813. The van der Waals surface area contributed by atoms with E-state index in [4.69, 9.17) is 42.1 Å². The molecule has 0 aliphatic carbocycles. The Labute approximate surface area is 177 Å². The lowest BCUT2D eigenvalue weighted by Gasteiger charge is -2.13. The molecule has 0 saturated carbocycles. The average molecular weight is 440 g/mol. The second-order valence-corrected chi connectivity index (χ2v) is 7.08. The number of fused-ring (bicyclic) bond motifs is 1. The predicted octanol–water partition coefficient (Wildman–Crippen LogP) is 4.27. The van der Waals surface area contributed by atoms with Crippen LogP contribution in [-0.4, -0.2) is 38.8 Å². The normalized spacial score (nSPS) is 12.7. The van der Waals surface area contributed by atoms with Gasteiger partial charge in [0.15, 0.2) is 18.1 Å². The van der Waals surface area contributed by atoms with Crippen LogP contribution in [0, 0.1) is 6.92 Å². The first kappa shape index (κ1) is 21.1. The van der Waals surface area contributed by atoms with E-state index in [-0.39, 0.29) is 10.6 Å². The lowest BCUT2D eigenvalue weighted by molar-refractivity contribution is -0.119. The van der Waals surface area contributed by atoms with E-state index in [2.05, 4.69) is 5.32 Å². The summed E-state index contributed by atoms with van der Waals surface area (Å²) >= 11 is 12.2. The van der Waals surface area contributed by atoms with E-state index in [0.29, 0.717) is 47.6 Å². The van der Waals surface area contributed by atoms with Crippen LogP contribution >= 0.6 is 23.2 Å². The number of ether oxygens (including phenoxy) is 4. The maximum atomic E-state index is 12.3. The zero-order chi connectivity index (χ0) is 21.0. The average Bonchev–Trinajstić information content (AvgIpc) is 2.94. The lowest BCUT2D eigenvalue weighted by atomic mass is 10.2. The summed E-state index contributed by atoms with van der Waals surface area (Å²) in [5, 5.41) is 3.39. The van der Waals surface area contributed by atoms with Crippen LogP contribution in [0.25, 0.3) is 0 Å². The van der Waals surface area contributed by atoms with Gasteiger partial charge in [0.1, 0.15) is 5.75 Å². The molecule has 0 saturated heterocycles. The zero-order valence-corrected chi connectivity index (χ0v) is 17.4. The van der Waals surface area contributed by atoms with Crippen molar-refractivity contribution in [3.05, 3.63) is 45.4 Å². The highest BCUT2D eigenvalue weighted by Crippen LogP contribution is 2.38. The Morgan fingerprint density at radius 1 is 1.10 bits per heavy atom. The van der Waals surface area contributed by atoms with Gasteiger partial charge in [-0.2, -0.15) is 0 Å². The van der Waals surface area contributed by atoms with Crippen LogP contribution in [0.4, 0.5) is 5.69 Å². The summed E-state index contributed by atoms with van der Waals surface area (Å²) < 4.78 is 21.4. The molecule has 1 aliphatic heterocycles. The minimum atomic E-state index is -0.711. The van der Waals surface area contributed by atoms with Crippen LogP contribution in [0.1, 0.15) is 22.3 Å². The second-order valence-electron chi connectivity index (χ2n) is 6.26. The van der Waals surface area contributed by atoms with Crippen LogP contribution < -0.4 is 19.5 Å². The van der Waals surface area contributed by atoms with Gasteiger partial charge >= 0.3 is 5.97 Å². The van der Waals surface area contributed by atoms with E-state index in [0.717, 1.165) is 5.56 Å². The molecule has 7 nitrogen and oxygen atoms in total. The number of methoxy groups -OCH3 is 1. The van der Waals surface area contributed by atoms with Gasteiger partial charge in [-0.1, -0.05) is 23.2 Å². The third-order valence-corrected chi connectivity index (χ3v) is 4.82. The van der Waals surface area contributed by atoms with Gasteiger partial charge in [-0.3, -0.25) is 4.79 Å². The number of carbonyl (C=O) groups excluding carboxylic acids is 2. The van der Waals surface area contributed by atoms with Crippen molar-refractivity contribution in [2.45, 2.75) is 13.3 Å². The number of carbonyl (C=O) groups is 2. The number of amides is 1. The molecule has 3 rings (SSSR count). The Morgan fingerprint density at radius 3 is 2.62 bits per heavy atom. The molecule has 1 N–H and O–H groups in total. The number of halogens is 2. The van der Waals surface area contributed by atoms with E-state index >= 15 is 0 Å². The van der Waals surface area contributed by atoms with Crippen molar-refractivity contribution in [3.8, 4) is 17.2 Å². The van der Waals surface area contributed by atoms with E-state index in [1.54, 1.807) is 19.1 Å². The number of hydrogen-bond acceptors (Lipinski definition) is 6. The molecule has 0 unspecified atom stereocenters. The van der Waals surface area contributed by atoms with Crippen LogP contribution in [-0.2, 0) is 9.53 Å². The molecular weight excluding hydrogens is 421 g/mol. The molecule has 2 aromatic rings. The molecule has 29 heavy (non-hydrogen) atoms. The molecule has 1 aliphatic rings. The van der Waals surface area contributed by atoms with E-state index < -0.39 is 18.5 Å². The molecule has 2 aromatic carbocycles. The number of nitrogens with one attached hydrogen (secondary N) is 1. The smallest absolute Gasteiger partial charge is 0.338 e. The minimum Gasteiger partial charge on any atom is -0.495 e. The maximum Gasteiger partial charge on any atom is 0.338 e. The van der Waals surface area contributed by atoms with Crippen molar-refractivity contribution >= 4 is 40.8 Å². The van der Waals surface area contributed by atoms with Gasteiger partial charge in [0, 0.05) is 17.5 Å². The first-order valence-corrected chi connectivity index (χ1v) is 9.55. The van der Waals surface area contributed by atoms with Crippen LogP contribution in [0.3, 0.4) is 0 Å². The van der Waals surface area contributed by atoms with E-state index in [9.17, 15) is 9.59 Å². The first-order chi connectivity index (χ1) is 13.9. The van der Waals surface area contributed by atoms with Gasteiger partial charge in [0.2, 0.25) is 0 Å². The second kappa shape index (κ2) is 9.24. The monoisotopic (exact) mass is 439 g/mol. The Morgan fingerprint density at radius 2 is 1.86 bits per heavy atom. The number of benzene rings is 2. The number of hydrogen-bond donors (Lipinski definition) is 1. The van der Waals surface area contributed by atoms with Crippen LogP contribution in [0.5, 0.6) is 17.2 Å². The topological polar surface area (TPSA) is 83.1 Å². The summed E-state index contributed by atoms with van der Waals surface area (Å²) in [5.41, 5.74) is 1.35. The lowest BCUT2D eigenvalue weighted by Crippen LogP contribution is -2.21. The highest BCUT2D eigenvalue weighted by atomic mass is 35.5. The Balaban J connectivity index is 1.65. The SMILES string of the molecule is COc1cc(Cl)c(C)cc1NC(=O)COC(=O)c1cc(Cl)c2c(c1)OCCCO2. The van der Waals surface area contributed by atoms with Crippen LogP contribution in [0.15, 0.2) is 24.3 Å². The molecule has 0 bridgehead atoms. The quantitative estimate of drug-likeness (QED) is 0.700. The fourth-order valence-electron chi connectivity index (χ4n) is 2.68. The Kier molecular flexibility index (Phi) is 6.71. The summed E-state index contributed by atoms with van der Waals surface area (Å²) in [4.78, 5) is 24.6. The fourth-order valence-corrected chi connectivity index (χ4v) is 3.10. The number of anilines is 1. The minimum absolute atomic E-state index is 0.159. The van der Waals surface area contributed by atoms with Gasteiger partial charge in [0.25, 0.3) is 5.91 Å². The summed E-state index contributed by atoms with van der Waals surface area (Å²) in [7, 11) is 1.46. The number of rotatable bonds is 5. The molecule has 1 heterocycles. The van der Waals surface area contributed by atoms with E-state index in [1.807, 2.05) is 0 Å². The molecule has 0 atom stereocenters. The molecule has 0 spiro atoms. The van der Waals surface area contributed by atoms with Gasteiger partial charge in [0.05, 0.1) is 36.6 Å². The van der Waals surface area contributed by atoms with Crippen LogP contribution in [0.2, 0.25) is 10.0 Å². The van der Waals surface area contributed by atoms with Crippen molar-refractivity contribution in [1.29, 1.82) is 0 Å². The summed E-state index contributed by atoms with van der Waals surface area (Å²) in [6, 6.07) is 6.17. The predicted molar refractivity (Wildman–Crippen MR) is 109 cm³/mol.